The van der Waals surface area contributed by atoms with E-state index in [0.29, 0.717) is 6.42 Å². The normalized spacial score (nSPS) is 39.1. The second-order valence-electron chi connectivity index (χ2n) is 3.04. The summed E-state index contributed by atoms with van der Waals surface area (Å²) in [5.41, 5.74) is -0.524. The van der Waals surface area contributed by atoms with E-state index in [2.05, 4.69) is 12.6 Å². The highest BCUT2D eigenvalue weighted by Gasteiger charge is 2.43. The third-order valence-electron chi connectivity index (χ3n) is 2.02. The quantitative estimate of drug-likeness (QED) is 0.505. The average molecular weight is 206 g/mol. The molecule has 4 atom stereocenters. The summed E-state index contributed by atoms with van der Waals surface area (Å²) in [5.74, 6) is -0.427. The first-order valence-electron chi connectivity index (χ1n) is 4.25. The fourth-order valence-electron chi connectivity index (χ4n) is 1.37. The van der Waals surface area contributed by atoms with E-state index in [1.807, 2.05) is 6.92 Å². The number of hydrogen-bond acceptors (Lipinski definition) is 5. The van der Waals surface area contributed by atoms with E-state index < -0.39 is 23.6 Å². The number of rotatable bonds is 2. The summed E-state index contributed by atoms with van der Waals surface area (Å²) in [6.45, 7) is 3.19. The minimum Gasteiger partial charge on any atom is -0.456 e. The zero-order chi connectivity index (χ0) is 10.0. The zero-order valence-corrected chi connectivity index (χ0v) is 8.53. The summed E-state index contributed by atoms with van der Waals surface area (Å²) in [6, 6.07) is 0. The number of ether oxygens (including phenoxy) is 2. The highest BCUT2D eigenvalue weighted by Crippen LogP contribution is 2.27. The monoisotopic (exact) mass is 206 g/mol. The molecule has 0 spiro atoms. The van der Waals surface area contributed by atoms with Crippen molar-refractivity contribution in [2.75, 3.05) is 0 Å². The molecule has 1 saturated heterocycles. The lowest BCUT2D eigenvalue weighted by Crippen LogP contribution is -2.34. The SMILES string of the molecule is CC[C@H]1O[C@@H](S)[C@H](OC(C)=O)[C@@H]1O. The summed E-state index contributed by atoms with van der Waals surface area (Å²) >= 11 is 4.08. The van der Waals surface area contributed by atoms with E-state index in [0.717, 1.165) is 0 Å². The molecule has 0 radical (unpaired) electrons. The van der Waals surface area contributed by atoms with Crippen LogP contribution < -0.4 is 0 Å². The van der Waals surface area contributed by atoms with Gasteiger partial charge in [-0.05, 0) is 6.42 Å². The molecule has 1 fully saturated rings. The Balaban J connectivity index is 2.58. The predicted octanol–water partition coefficient (Wildman–Crippen LogP) is 0.344. The van der Waals surface area contributed by atoms with Crippen molar-refractivity contribution in [1.29, 1.82) is 0 Å². The van der Waals surface area contributed by atoms with Crippen LogP contribution in [-0.2, 0) is 14.3 Å². The second-order valence-corrected chi connectivity index (χ2v) is 3.55. The van der Waals surface area contributed by atoms with Gasteiger partial charge in [0.2, 0.25) is 0 Å². The maximum atomic E-state index is 10.7. The molecule has 13 heavy (non-hydrogen) atoms. The molecular formula is C8H14O4S. The van der Waals surface area contributed by atoms with Crippen LogP contribution in [0, 0.1) is 0 Å². The van der Waals surface area contributed by atoms with Crippen LogP contribution in [0.25, 0.3) is 0 Å². The third-order valence-corrected chi connectivity index (χ3v) is 2.43. The molecule has 1 N–H and O–H groups in total. The molecule has 0 aromatic heterocycles. The number of aliphatic hydroxyl groups is 1. The van der Waals surface area contributed by atoms with Crippen LogP contribution in [0.4, 0.5) is 0 Å². The Hall–Kier alpha value is -0.260. The van der Waals surface area contributed by atoms with E-state index in [4.69, 9.17) is 9.47 Å². The largest absolute Gasteiger partial charge is 0.456 e. The molecule has 4 nitrogen and oxygen atoms in total. The van der Waals surface area contributed by atoms with Crippen LogP contribution in [0.15, 0.2) is 0 Å². The summed E-state index contributed by atoms with van der Waals surface area (Å²) in [5, 5.41) is 9.62. The average Bonchev–Trinajstić information content (AvgIpc) is 2.31. The van der Waals surface area contributed by atoms with Crippen molar-refractivity contribution in [3.05, 3.63) is 0 Å². The van der Waals surface area contributed by atoms with E-state index >= 15 is 0 Å². The molecule has 0 amide bonds. The van der Waals surface area contributed by atoms with Crippen molar-refractivity contribution in [2.24, 2.45) is 0 Å². The highest BCUT2D eigenvalue weighted by molar-refractivity contribution is 7.80. The lowest BCUT2D eigenvalue weighted by atomic mass is 10.1. The Morgan fingerprint density at radius 2 is 2.31 bits per heavy atom. The lowest BCUT2D eigenvalue weighted by Gasteiger charge is -2.16. The Morgan fingerprint density at radius 1 is 1.69 bits per heavy atom. The Kier molecular flexibility index (Phi) is 3.58. The minimum atomic E-state index is -0.767. The van der Waals surface area contributed by atoms with Gasteiger partial charge in [-0.2, -0.15) is 0 Å². The van der Waals surface area contributed by atoms with Gasteiger partial charge in [0.25, 0.3) is 0 Å². The fourth-order valence-corrected chi connectivity index (χ4v) is 1.77. The molecule has 1 aliphatic rings. The summed E-state index contributed by atoms with van der Waals surface area (Å²) in [6.07, 6.45) is -1.02. The van der Waals surface area contributed by atoms with Gasteiger partial charge in [-0.1, -0.05) is 6.92 Å². The summed E-state index contributed by atoms with van der Waals surface area (Å²) in [7, 11) is 0. The van der Waals surface area contributed by atoms with Crippen LogP contribution in [0.5, 0.6) is 0 Å². The molecule has 0 saturated carbocycles. The van der Waals surface area contributed by atoms with Crippen molar-refractivity contribution < 1.29 is 19.4 Å². The Morgan fingerprint density at radius 3 is 2.69 bits per heavy atom. The molecule has 76 valence electrons. The van der Waals surface area contributed by atoms with Gasteiger partial charge < -0.3 is 14.6 Å². The minimum absolute atomic E-state index is 0.285. The molecule has 0 aromatic carbocycles. The van der Waals surface area contributed by atoms with Crippen LogP contribution in [-0.4, -0.2) is 34.8 Å². The first-order chi connectivity index (χ1) is 6.06. The number of hydrogen-bond donors (Lipinski definition) is 2. The topological polar surface area (TPSA) is 55.8 Å². The maximum absolute atomic E-state index is 10.7. The van der Waals surface area contributed by atoms with E-state index in [-0.39, 0.29) is 6.10 Å². The molecule has 5 heteroatoms. The summed E-state index contributed by atoms with van der Waals surface area (Å²) in [4.78, 5) is 10.7. The third kappa shape index (κ3) is 2.36. The van der Waals surface area contributed by atoms with Gasteiger partial charge in [0.15, 0.2) is 6.10 Å². The fraction of sp³-hybridized carbons (Fsp3) is 0.875. The van der Waals surface area contributed by atoms with Gasteiger partial charge in [0, 0.05) is 6.92 Å². The van der Waals surface area contributed by atoms with E-state index in [1.54, 1.807) is 0 Å². The Bertz CT molecular complexity index is 197. The van der Waals surface area contributed by atoms with E-state index in [9.17, 15) is 9.90 Å². The van der Waals surface area contributed by atoms with Gasteiger partial charge in [-0.3, -0.25) is 4.79 Å². The van der Waals surface area contributed by atoms with E-state index in [1.165, 1.54) is 6.92 Å². The van der Waals surface area contributed by atoms with Crippen molar-refractivity contribution in [1.82, 2.24) is 0 Å². The van der Waals surface area contributed by atoms with Gasteiger partial charge in [-0.25, -0.2) is 0 Å². The van der Waals surface area contributed by atoms with Crippen molar-refractivity contribution in [3.8, 4) is 0 Å². The van der Waals surface area contributed by atoms with Gasteiger partial charge in [0.05, 0.1) is 6.10 Å². The van der Waals surface area contributed by atoms with Crippen molar-refractivity contribution in [2.45, 2.75) is 44.0 Å². The van der Waals surface area contributed by atoms with Gasteiger partial charge in [-0.15, -0.1) is 12.6 Å². The predicted molar refractivity (Wildman–Crippen MR) is 49.5 cm³/mol. The van der Waals surface area contributed by atoms with Crippen LogP contribution >= 0.6 is 12.6 Å². The highest BCUT2D eigenvalue weighted by atomic mass is 32.1. The molecular weight excluding hydrogens is 192 g/mol. The standard InChI is InChI=1S/C8H14O4S/c1-3-5-6(10)7(8(13)12-5)11-4(2)9/h5-8,10,13H,3H2,1-2H3/t5-,6-,7-,8+/m1/s1. The second kappa shape index (κ2) is 4.30. The van der Waals surface area contributed by atoms with Gasteiger partial charge >= 0.3 is 5.97 Å². The van der Waals surface area contributed by atoms with Crippen molar-refractivity contribution in [3.63, 3.8) is 0 Å². The molecule has 1 rings (SSSR count). The molecule has 0 aliphatic carbocycles. The molecule has 0 aromatic rings. The Labute approximate surface area is 82.6 Å². The molecule has 1 aliphatic heterocycles. The van der Waals surface area contributed by atoms with Gasteiger partial charge in [0.1, 0.15) is 11.5 Å². The number of carbonyl (C=O) groups excluding carboxylic acids is 1. The molecule has 0 unspecified atom stereocenters. The summed E-state index contributed by atoms with van der Waals surface area (Å²) < 4.78 is 10.2. The maximum Gasteiger partial charge on any atom is 0.303 e. The first-order valence-corrected chi connectivity index (χ1v) is 4.76. The number of aliphatic hydroxyl groups excluding tert-OH is 1. The molecule has 0 bridgehead atoms. The van der Waals surface area contributed by atoms with Crippen molar-refractivity contribution >= 4 is 18.6 Å². The lowest BCUT2D eigenvalue weighted by molar-refractivity contribution is -0.150. The smallest absolute Gasteiger partial charge is 0.303 e. The number of thiol groups is 1. The number of carbonyl (C=O) groups is 1. The zero-order valence-electron chi connectivity index (χ0n) is 7.64. The van der Waals surface area contributed by atoms with Crippen LogP contribution in [0.3, 0.4) is 0 Å². The van der Waals surface area contributed by atoms with Crippen LogP contribution in [0.2, 0.25) is 0 Å². The first kappa shape index (κ1) is 10.8. The molecule has 1 heterocycles. The number of esters is 1. The van der Waals surface area contributed by atoms with Crippen LogP contribution in [0.1, 0.15) is 20.3 Å².